The summed E-state index contributed by atoms with van der Waals surface area (Å²) in [4.78, 5) is 12.9. The number of allylic oxidation sites excluding steroid dienone is 2. The summed E-state index contributed by atoms with van der Waals surface area (Å²) in [5.41, 5.74) is 1.02. The Bertz CT molecular complexity index is 392. The highest BCUT2D eigenvalue weighted by atomic mass is 79.9. The summed E-state index contributed by atoms with van der Waals surface area (Å²) < 4.78 is 1.00. The molecule has 15 heavy (non-hydrogen) atoms. The van der Waals surface area contributed by atoms with Crippen molar-refractivity contribution in [2.45, 2.75) is 32.1 Å². The molecule has 1 aromatic rings. The van der Waals surface area contributed by atoms with E-state index in [4.69, 9.17) is 0 Å². The summed E-state index contributed by atoms with van der Waals surface area (Å²) in [7, 11) is 0. The third kappa shape index (κ3) is 2.79. The van der Waals surface area contributed by atoms with Gasteiger partial charge in [-0.2, -0.15) is 0 Å². The molecule has 0 amide bonds. The quantitative estimate of drug-likeness (QED) is 0.727. The van der Waals surface area contributed by atoms with Gasteiger partial charge in [0.2, 0.25) is 0 Å². The highest BCUT2D eigenvalue weighted by molar-refractivity contribution is 9.10. The van der Waals surface area contributed by atoms with Gasteiger partial charge < -0.3 is 0 Å². The van der Waals surface area contributed by atoms with Gasteiger partial charge in [-0.05, 0) is 53.3 Å². The lowest BCUT2D eigenvalue weighted by atomic mass is 10.1. The van der Waals surface area contributed by atoms with Crippen LogP contribution in [0.25, 0.3) is 0 Å². The van der Waals surface area contributed by atoms with Gasteiger partial charge in [-0.15, -0.1) is 11.3 Å². The van der Waals surface area contributed by atoms with Crippen LogP contribution in [0.1, 0.15) is 41.8 Å². The molecule has 0 atom stereocenters. The topological polar surface area (TPSA) is 17.1 Å². The maximum atomic E-state index is 12.1. The Morgan fingerprint density at radius 1 is 1.33 bits per heavy atom. The van der Waals surface area contributed by atoms with Crippen LogP contribution in [0.3, 0.4) is 0 Å². The van der Waals surface area contributed by atoms with Crippen molar-refractivity contribution in [1.82, 2.24) is 0 Å². The van der Waals surface area contributed by atoms with E-state index >= 15 is 0 Å². The number of Topliss-reactive ketones (excluding diaryl/α,β-unsaturated/α-hetero) is 1. The van der Waals surface area contributed by atoms with Gasteiger partial charge in [-0.25, -0.2) is 0 Å². The second-order valence-corrected chi connectivity index (χ2v) is 5.61. The van der Waals surface area contributed by atoms with Crippen LogP contribution in [0.2, 0.25) is 0 Å². The first-order valence-electron chi connectivity index (χ1n) is 5.25. The van der Waals surface area contributed by atoms with E-state index in [1.807, 2.05) is 11.4 Å². The Balaban J connectivity index is 2.16. The van der Waals surface area contributed by atoms with Crippen LogP contribution in [0.5, 0.6) is 0 Å². The maximum Gasteiger partial charge on any atom is 0.198 e. The van der Waals surface area contributed by atoms with E-state index in [-0.39, 0.29) is 5.78 Å². The number of rotatable bonds is 2. The molecule has 1 aliphatic rings. The third-order valence-corrected chi connectivity index (χ3v) is 4.31. The van der Waals surface area contributed by atoms with E-state index in [9.17, 15) is 4.79 Å². The molecular formula is C12H13BrOS. The zero-order chi connectivity index (χ0) is 10.7. The van der Waals surface area contributed by atoms with Crippen LogP contribution in [-0.2, 0) is 0 Å². The molecule has 0 saturated carbocycles. The second-order valence-electron chi connectivity index (χ2n) is 3.79. The van der Waals surface area contributed by atoms with Crippen molar-refractivity contribution >= 4 is 33.0 Å². The van der Waals surface area contributed by atoms with Crippen molar-refractivity contribution in [3.8, 4) is 0 Å². The summed E-state index contributed by atoms with van der Waals surface area (Å²) >= 11 is 4.90. The van der Waals surface area contributed by atoms with Crippen LogP contribution in [-0.4, -0.2) is 5.78 Å². The van der Waals surface area contributed by atoms with Gasteiger partial charge in [0, 0.05) is 9.85 Å². The average Bonchev–Trinajstić information content (AvgIpc) is 2.53. The van der Waals surface area contributed by atoms with E-state index in [1.165, 1.54) is 24.2 Å². The summed E-state index contributed by atoms with van der Waals surface area (Å²) in [6.45, 7) is 0. The van der Waals surface area contributed by atoms with Gasteiger partial charge >= 0.3 is 0 Å². The van der Waals surface area contributed by atoms with E-state index < -0.39 is 0 Å². The molecule has 0 N–H and O–H groups in total. The van der Waals surface area contributed by atoms with Crippen molar-refractivity contribution in [1.29, 1.82) is 0 Å². The standard InChI is InChI=1S/C12H13BrOS/c13-10-7-11(15-8-10)12(14)9-5-3-1-2-4-6-9/h5,7-8H,1-4,6H2. The monoisotopic (exact) mass is 284 g/mol. The Morgan fingerprint density at radius 3 is 2.93 bits per heavy atom. The SMILES string of the molecule is O=C(C1=CCCCCC1)c1cc(Br)cs1. The Kier molecular flexibility index (Phi) is 3.76. The number of halogens is 1. The van der Waals surface area contributed by atoms with E-state index in [0.29, 0.717) is 0 Å². The zero-order valence-electron chi connectivity index (χ0n) is 8.46. The lowest BCUT2D eigenvalue weighted by Gasteiger charge is -2.01. The van der Waals surface area contributed by atoms with Crippen LogP contribution in [0.4, 0.5) is 0 Å². The normalized spacial score (nSPS) is 17.0. The maximum absolute atomic E-state index is 12.1. The summed E-state index contributed by atoms with van der Waals surface area (Å²) in [5.74, 6) is 0.229. The molecule has 0 bridgehead atoms. The molecule has 80 valence electrons. The van der Waals surface area contributed by atoms with Gasteiger partial charge in [-0.3, -0.25) is 4.79 Å². The fourth-order valence-electron chi connectivity index (χ4n) is 1.81. The van der Waals surface area contributed by atoms with E-state index in [0.717, 1.165) is 34.2 Å². The smallest absolute Gasteiger partial charge is 0.198 e. The van der Waals surface area contributed by atoms with Gasteiger partial charge in [0.05, 0.1) is 4.88 Å². The van der Waals surface area contributed by atoms with Crippen molar-refractivity contribution < 1.29 is 4.79 Å². The van der Waals surface area contributed by atoms with Gasteiger partial charge in [0.25, 0.3) is 0 Å². The fourth-order valence-corrected chi connectivity index (χ4v) is 3.21. The van der Waals surface area contributed by atoms with Gasteiger partial charge in [-0.1, -0.05) is 12.5 Å². The first kappa shape index (κ1) is 11.1. The summed E-state index contributed by atoms with van der Waals surface area (Å²) in [6.07, 6.45) is 7.78. The minimum atomic E-state index is 0.229. The number of carbonyl (C=O) groups is 1. The van der Waals surface area contributed by atoms with Crippen LogP contribution in [0, 0.1) is 0 Å². The molecule has 0 radical (unpaired) electrons. The molecule has 1 aromatic heterocycles. The third-order valence-electron chi connectivity index (χ3n) is 2.62. The Morgan fingerprint density at radius 2 is 2.20 bits per heavy atom. The molecule has 1 aliphatic carbocycles. The first-order chi connectivity index (χ1) is 7.27. The van der Waals surface area contributed by atoms with E-state index in [1.54, 1.807) is 0 Å². The second kappa shape index (κ2) is 5.08. The molecule has 0 aliphatic heterocycles. The predicted octanol–water partition coefficient (Wildman–Crippen LogP) is 4.58. The fraction of sp³-hybridized carbons (Fsp3) is 0.417. The first-order valence-corrected chi connectivity index (χ1v) is 6.92. The molecule has 0 fully saturated rings. The summed E-state index contributed by atoms with van der Waals surface area (Å²) in [6, 6.07) is 1.92. The largest absolute Gasteiger partial charge is 0.288 e. The van der Waals surface area contributed by atoms with Crippen LogP contribution >= 0.6 is 27.3 Å². The number of carbonyl (C=O) groups excluding carboxylic acids is 1. The van der Waals surface area contributed by atoms with Crippen molar-refractivity contribution in [2.24, 2.45) is 0 Å². The van der Waals surface area contributed by atoms with Crippen LogP contribution < -0.4 is 0 Å². The van der Waals surface area contributed by atoms with Crippen molar-refractivity contribution in [2.75, 3.05) is 0 Å². The highest BCUT2D eigenvalue weighted by Gasteiger charge is 2.15. The molecular weight excluding hydrogens is 272 g/mol. The van der Waals surface area contributed by atoms with Crippen molar-refractivity contribution in [3.05, 3.63) is 32.4 Å². The number of ketones is 1. The predicted molar refractivity (Wildman–Crippen MR) is 67.5 cm³/mol. The molecule has 0 saturated heterocycles. The zero-order valence-corrected chi connectivity index (χ0v) is 10.9. The molecule has 3 heteroatoms. The van der Waals surface area contributed by atoms with E-state index in [2.05, 4.69) is 22.0 Å². The molecule has 2 rings (SSSR count). The Labute approximate surface area is 102 Å². The molecule has 1 heterocycles. The molecule has 1 nitrogen and oxygen atoms in total. The molecule has 0 aromatic carbocycles. The molecule has 0 spiro atoms. The number of hydrogen-bond donors (Lipinski definition) is 0. The lowest BCUT2D eigenvalue weighted by Crippen LogP contribution is -2.00. The van der Waals surface area contributed by atoms with Gasteiger partial charge in [0.1, 0.15) is 0 Å². The highest BCUT2D eigenvalue weighted by Crippen LogP contribution is 2.26. The molecule has 0 unspecified atom stereocenters. The van der Waals surface area contributed by atoms with Gasteiger partial charge in [0.15, 0.2) is 5.78 Å². The van der Waals surface area contributed by atoms with Crippen molar-refractivity contribution in [3.63, 3.8) is 0 Å². The lowest BCUT2D eigenvalue weighted by molar-refractivity contribution is 0.103. The summed E-state index contributed by atoms with van der Waals surface area (Å²) in [5, 5.41) is 1.96. The Hall–Kier alpha value is -0.410. The average molecular weight is 285 g/mol. The number of thiophene rings is 1. The minimum Gasteiger partial charge on any atom is -0.288 e. The minimum absolute atomic E-state index is 0.229. The number of hydrogen-bond acceptors (Lipinski definition) is 2. The van der Waals surface area contributed by atoms with Crippen LogP contribution in [0.15, 0.2) is 27.6 Å².